The highest BCUT2D eigenvalue weighted by Crippen LogP contribution is 2.17. The molecule has 0 aromatic heterocycles. The first-order chi connectivity index (χ1) is 4.98. The maximum Gasteiger partial charge on any atom is 0.261 e. The van der Waals surface area contributed by atoms with Crippen molar-refractivity contribution < 1.29 is 22.3 Å². The van der Waals surface area contributed by atoms with E-state index in [9.17, 15) is 17.6 Å². The van der Waals surface area contributed by atoms with Crippen LogP contribution in [0, 0.1) is 0 Å². The number of hydrogen-bond donors (Lipinski definition) is 0. The monoisotopic (exact) mass is 174 g/mol. The van der Waals surface area contributed by atoms with E-state index in [1.165, 1.54) is 0 Å². The maximum atomic E-state index is 12.7. The summed E-state index contributed by atoms with van der Waals surface area (Å²) in [6.45, 7) is -0.988. The lowest BCUT2D eigenvalue weighted by Gasteiger charge is -2.18. The number of ether oxygens (including phenoxy) is 1. The van der Waals surface area contributed by atoms with Gasteiger partial charge in [-0.1, -0.05) is 0 Å². The molecule has 1 atom stereocenters. The molecular formula is C6H10F4O. The van der Waals surface area contributed by atoms with Gasteiger partial charge in [0.2, 0.25) is 5.85 Å². The zero-order valence-corrected chi connectivity index (χ0v) is 6.12. The van der Waals surface area contributed by atoms with Crippen LogP contribution in [-0.4, -0.2) is 25.6 Å². The Morgan fingerprint density at radius 1 is 1.45 bits per heavy atom. The third-order valence-corrected chi connectivity index (χ3v) is 1.05. The van der Waals surface area contributed by atoms with Gasteiger partial charge >= 0.3 is 0 Å². The van der Waals surface area contributed by atoms with Crippen molar-refractivity contribution in [2.75, 3.05) is 13.3 Å². The van der Waals surface area contributed by atoms with Gasteiger partial charge in [0, 0.05) is 6.42 Å². The summed E-state index contributed by atoms with van der Waals surface area (Å²) in [4.78, 5) is 0. The van der Waals surface area contributed by atoms with Crippen molar-refractivity contribution in [3.63, 3.8) is 0 Å². The molecule has 0 saturated heterocycles. The first kappa shape index (κ1) is 10.7. The molecule has 0 aromatic carbocycles. The fourth-order valence-corrected chi connectivity index (χ4v) is 0.478. The molecule has 0 saturated carbocycles. The van der Waals surface area contributed by atoms with Crippen LogP contribution < -0.4 is 0 Å². The minimum absolute atomic E-state index is 0.514. The van der Waals surface area contributed by atoms with Crippen molar-refractivity contribution in [1.29, 1.82) is 0 Å². The molecule has 0 bridgehead atoms. The van der Waals surface area contributed by atoms with Gasteiger partial charge in [0.1, 0.15) is 6.61 Å². The molecular weight excluding hydrogens is 164 g/mol. The predicted octanol–water partition coefficient (Wildman–Crippen LogP) is 2.31. The van der Waals surface area contributed by atoms with Gasteiger partial charge < -0.3 is 4.74 Å². The molecule has 1 nitrogen and oxygen atoms in total. The SMILES string of the molecule is CC(F)(CCF)OCC(F)F. The fraction of sp³-hybridized carbons (Fsp3) is 1.00. The van der Waals surface area contributed by atoms with Gasteiger partial charge in [-0.3, -0.25) is 4.39 Å². The third kappa shape index (κ3) is 6.09. The summed E-state index contributed by atoms with van der Waals surface area (Å²) in [5, 5.41) is 0. The van der Waals surface area contributed by atoms with E-state index in [2.05, 4.69) is 4.74 Å². The molecule has 0 aliphatic rings. The van der Waals surface area contributed by atoms with Crippen LogP contribution in [0.2, 0.25) is 0 Å². The van der Waals surface area contributed by atoms with E-state index in [4.69, 9.17) is 0 Å². The maximum absolute atomic E-state index is 12.7. The van der Waals surface area contributed by atoms with Crippen molar-refractivity contribution in [1.82, 2.24) is 0 Å². The molecule has 5 heteroatoms. The minimum Gasteiger partial charge on any atom is -0.340 e. The average molecular weight is 174 g/mol. The Kier molecular flexibility index (Phi) is 4.40. The van der Waals surface area contributed by atoms with Gasteiger partial charge in [-0.2, -0.15) is 0 Å². The molecule has 0 rings (SSSR count). The first-order valence-electron chi connectivity index (χ1n) is 3.15. The van der Waals surface area contributed by atoms with E-state index in [1.54, 1.807) is 0 Å². The topological polar surface area (TPSA) is 9.23 Å². The second-order valence-corrected chi connectivity index (χ2v) is 2.24. The van der Waals surface area contributed by atoms with Gasteiger partial charge in [0.15, 0.2) is 0 Å². The van der Waals surface area contributed by atoms with Crippen molar-refractivity contribution >= 4 is 0 Å². The normalized spacial score (nSPS) is 16.9. The Morgan fingerprint density at radius 2 is 2.00 bits per heavy atom. The fourth-order valence-electron chi connectivity index (χ4n) is 0.478. The molecule has 0 aromatic rings. The second kappa shape index (κ2) is 4.54. The van der Waals surface area contributed by atoms with Crippen LogP contribution in [0.3, 0.4) is 0 Å². The highest BCUT2D eigenvalue weighted by atomic mass is 19.3. The number of halogens is 4. The summed E-state index contributed by atoms with van der Waals surface area (Å²) >= 11 is 0. The van der Waals surface area contributed by atoms with Crippen LogP contribution in [0.15, 0.2) is 0 Å². The molecule has 0 spiro atoms. The van der Waals surface area contributed by atoms with Crippen LogP contribution in [-0.2, 0) is 4.74 Å². The summed E-state index contributed by atoms with van der Waals surface area (Å²) < 4.78 is 51.1. The number of hydrogen-bond acceptors (Lipinski definition) is 1. The predicted molar refractivity (Wildman–Crippen MR) is 32.1 cm³/mol. The molecule has 0 fully saturated rings. The van der Waals surface area contributed by atoms with Gasteiger partial charge in [0.05, 0.1) is 6.67 Å². The summed E-state index contributed by atoms with van der Waals surface area (Å²) in [5.41, 5.74) is 0. The van der Waals surface area contributed by atoms with Crippen molar-refractivity contribution in [3.05, 3.63) is 0 Å². The van der Waals surface area contributed by atoms with Crippen LogP contribution in [0.1, 0.15) is 13.3 Å². The highest BCUT2D eigenvalue weighted by molar-refractivity contribution is 4.59. The molecule has 1 unspecified atom stereocenters. The van der Waals surface area contributed by atoms with E-state index >= 15 is 0 Å². The van der Waals surface area contributed by atoms with E-state index in [1.807, 2.05) is 0 Å². The molecule has 0 N–H and O–H groups in total. The Bertz CT molecular complexity index is 105. The van der Waals surface area contributed by atoms with Crippen LogP contribution >= 0.6 is 0 Å². The van der Waals surface area contributed by atoms with E-state index in [0.29, 0.717) is 0 Å². The van der Waals surface area contributed by atoms with Gasteiger partial charge in [-0.15, -0.1) is 0 Å². The standard InChI is InChI=1S/C6H10F4O/c1-6(10,2-3-7)11-4-5(8)9/h5H,2-4H2,1H3. The zero-order chi connectivity index (χ0) is 8.91. The molecule has 0 radical (unpaired) electrons. The molecule has 0 amide bonds. The van der Waals surface area contributed by atoms with Crippen molar-refractivity contribution in [2.45, 2.75) is 25.6 Å². The second-order valence-electron chi connectivity index (χ2n) is 2.24. The highest BCUT2D eigenvalue weighted by Gasteiger charge is 2.24. The molecule has 0 aliphatic heterocycles. The Labute approximate surface area is 62.3 Å². The lowest BCUT2D eigenvalue weighted by molar-refractivity contribution is -0.161. The number of rotatable bonds is 5. The average Bonchev–Trinajstić information content (AvgIpc) is 1.84. The summed E-state index contributed by atoms with van der Waals surface area (Å²) in [5.74, 6) is -2.27. The van der Waals surface area contributed by atoms with E-state index < -0.39 is 32.0 Å². The molecule has 0 heterocycles. The third-order valence-electron chi connectivity index (χ3n) is 1.05. The smallest absolute Gasteiger partial charge is 0.261 e. The van der Waals surface area contributed by atoms with E-state index in [0.717, 1.165) is 6.92 Å². The van der Waals surface area contributed by atoms with Crippen LogP contribution in [0.5, 0.6) is 0 Å². The first-order valence-corrected chi connectivity index (χ1v) is 3.15. The quantitative estimate of drug-likeness (QED) is 0.581. The summed E-state index contributed by atoms with van der Waals surface area (Å²) in [6.07, 6.45) is -3.23. The summed E-state index contributed by atoms with van der Waals surface area (Å²) in [6, 6.07) is 0. The lowest BCUT2D eigenvalue weighted by Crippen LogP contribution is -2.26. The van der Waals surface area contributed by atoms with Crippen molar-refractivity contribution in [3.8, 4) is 0 Å². The van der Waals surface area contributed by atoms with Crippen LogP contribution in [0.4, 0.5) is 17.6 Å². The van der Waals surface area contributed by atoms with Gasteiger partial charge in [-0.05, 0) is 6.92 Å². The molecule has 0 aliphatic carbocycles. The largest absolute Gasteiger partial charge is 0.340 e. The van der Waals surface area contributed by atoms with Crippen molar-refractivity contribution in [2.24, 2.45) is 0 Å². The zero-order valence-electron chi connectivity index (χ0n) is 6.12. The molecule has 11 heavy (non-hydrogen) atoms. The lowest BCUT2D eigenvalue weighted by atomic mass is 10.3. The van der Waals surface area contributed by atoms with Gasteiger partial charge in [-0.25, -0.2) is 13.2 Å². The van der Waals surface area contributed by atoms with Gasteiger partial charge in [0.25, 0.3) is 6.43 Å². The summed E-state index contributed by atoms with van der Waals surface area (Å²) in [7, 11) is 0. The van der Waals surface area contributed by atoms with E-state index in [-0.39, 0.29) is 0 Å². The minimum atomic E-state index is -2.72. The van der Waals surface area contributed by atoms with Crippen LogP contribution in [0.25, 0.3) is 0 Å². The Hall–Kier alpha value is -0.320. The Balaban J connectivity index is 3.54. The molecule has 68 valence electrons. The number of alkyl halides is 4. The Morgan fingerprint density at radius 3 is 2.36 bits per heavy atom.